The Morgan fingerprint density at radius 1 is 1.22 bits per heavy atom. The van der Waals surface area contributed by atoms with E-state index in [4.69, 9.17) is 0 Å². The van der Waals surface area contributed by atoms with Gasteiger partial charge in [0.25, 0.3) is 0 Å². The van der Waals surface area contributed by atoms with Crippen molar-refractivity contribution < 1.29 is 0 Å². The van der Waals surface area contributed by atoms with Gasteiger partial charge in [-0.25, -0.2) is 0 Å². The third-order valence-electron chi connectivity index (χ3n) is 2.75. The van der Waals surface area contributed by atoms with E-state index in [1.165, 1.54) is 5.56 Å². The third kappa shape index (κ3) is 3.62. The van der Waals surface area contributed by atoms with E-state index in [0.717, 1.165) is 29.4 Å². The van der Waals surface area contributed by atoms with Crippen LogP contribution in [-0.2, 0) is 6.42 Å². The van der Waals surface area contributed by atoms with Crippen LogP contribution in [0.25, 0.3) is 0 Å². The van der Waals surface area contributed by atoms with Gasteiger partial charge in [0.2, 0.25) is 0 Å². The summed E-state index contributed by atoms with van der Waals surface area (Å²) in [5, 5.41) is 14.1. The highest BCUT2D eigenvalue weighted by Crippen LogP contribution is 2.19. The molecule has 2 rings (SSSR count). The first kappa shape index (κ1) is 13.2. The van der Waals surface area contributed by atoms with Gasteiger partial charge in [0, 0.05) is 6.42 Å². The van der Waals surface area contributed by atoms with Crippen LogP contribution in [0.5, 0.6) is 0 Å². The zero-order chi connectivity index (χ0) is 12.8. The van der Waals surface area contributed by atoms with Gasteiger partial charge in [-0.05, 0) is 25.5 Å². The van der Waals surface area contributed by atoms with Crippen LogP contribution in [0.15, 0.2) is 30.3 Å². The lowest BCUT2D eigenvalue weighted by molar-refractivity contribution is 0.564. The van der Waals surface area contributed by atoms with Crippen molar-refractivity contribution in [2.75, 3.05) is 6.54 Å². The van der Waals surface area contributed by atoms with Gasteiger partial charge in [-0.2, -0.15) is 0 Å². The summed E-state index contributed by atoms with van der Waals surface area (Å²) >= 11 is 1.70. The number of aromatic nitrogens is 2. The average molecular weight is 261 g/mol. The van der Waals surface area contributed by atoms with Crippen molar-refractivity contribution in [1.82, 2.24) is 15.5 Å². The van der Waals surface area contributed by atoms with E-state index in [1.54, 1.807) is 11.3 Å². The third-order valence-corrected chi connectivity index (χ3v) is 3.86. The van der Waals surface area contributed by atoms with Gasteiger partial charge in [-0.15, -0.1) is 10.2 Å². The van der Waals surface area contributed by atoms with Crippen molar-refractivity contribution in [1.29, 1.82) is 0 Å². The van der Waals surface area contributed by atoms with Crippen molar-refractivity contribution in [2.45, 2.75) is 32.7 Å². The number of hydrogen-bond acceptors (Lipinski definition) is 4. The molecule has 0 fully saturated rings. The monoisotopic (exact) mass is 261 g/mol. The predicted octanol–water partition coefficient (Wildman–Crippen LogP) is 3.19. The summed E-state index contributed by atoms with van der Waals surface area (Å²) in [5.41, 5.74) is 1.29. The minimum absolute atomic E-state index is 0.298. The van der Waals surface area contributed by atoms with E-state index >= 15 is 0 Å². The van der Waals surface area contributed by atoms with Gasteiger partial charge in [0.1, 0.15) is 10.0 Å². The van der Waals surface area contributed by atoms with Crippen molar-refractivity contribution in [3.05, 3.63) is 45.9 Å². The first-order chi connectivity index (χ1) is 8.79. The molecule has 0 aliphatic carbocycles. The Balaban J connectivity index is 1.98. The first-order valence-electron chi connectivity index (χ1n) is 6.39. The Bertz CT molecular complexity index is 467. The summed E-state index contributed by atoms with van der Waals surface area (Å²) in [6, 6.07) is 10.7. The van der Waals surface area contributed by atoms with Gasteiger partial charge >= 0.3 is 0 Å². The lowest BCUT2D eigenvalue weighted by Crippen LogP contribution is -2.18. The van der Waals surface area contributed by atoms with Crippen molar-refractivity contribution in [3.63, 3.8) is 0 Å². The molecule has 96 valence electrons. The van der Waals surface area contributed by atoms with Gasteiger partial charge in [-0.3, -0.25) is 0 Å². The van der Waals surface area contributed by atoms with E-state index in [2.05, 4.69) is 53.6 Å². The summed E-state index contributed by atoms with van der Waals surface area (Å²) < 4.78 is 0. The second kappa shape index (κ2) is 6.61. The summed E-state index contributed by atoms with van der Waals surface area (Å²) in [6.07, 6.45) is 2.01. The lowest BCUT2D eigenvalue weighted by atomic mass is 10.2. The van der Waals surface area contributed by atoms with E-state index in [9.17, 15) is 0 Å². The van der Waals surface area contributed by atoms with Gasteiger partial charge in [0.05, 0.1) is 6.04 Å². The molecule has 1 unspecified atom stereocenters. The highest BCUT2D eigenvalue weighted by molar-refractivity contribution is 7.11. The van der Waals surface area contributed by atoms with Crippen LogP contribution in [0.1, 0.15) is 41.9 Å². The second-order valence-corrected chi connectivity index (χ2v) is 5.47. The van der Waals surface area contributed by atoms with Gasteiger partial charge < -0.3 is 5.32 Å². The lowest BCUT2D eigenvalue weighted by Gasteiger charge is -2.08. The van der Waals surface area contributed by atoms with Gasteiger partial charge in [0.15, 0.2) is 0 Å². The molecular formula is C14H19N3S. The molecule has 3 nitrogen and oxygen atoms in total. The largest absolute Gasteiger partial charge is 0.308 e. The molecule has 0 aliphatic heterocycles. The molecular weight excluding hydrogens is 242 g/mol. The SMILES string of the molecule is CCCNC(C)c1nnc(Cc2ccccc2)s1. The number of benzene rings is 1. The smallest absolute Gasteiger partial charge is 0.134 e. The first-order valence-corrected chi connectivity index (χ1v) is 7.21. The van der Waals surface area contributed by atoms with E-state index < -0.39 is 0 Å². The molecule has 1 aromatic heterocycles. The van der Waals surface area contributed by atoms with Crippen LogP contribution in [-0.4, -0.2) is 16.7 Å². The molecule has 0 saturated carbocycles. The summed E-state index contributed by atoms with van der Waals surface area (Å²) in [5.74, 6) is 0. The summed E-state index contributed by atoms with van der Waals surface area (Å²) in [7, 11) is 0. The van der Waals surface area contributed by atoms with Gasteiger partial charge in [-0.1, -0.05) is 48.6 Å². The molecule has 0 bridgehead atoms. The highest BCUT2D eigenvalue weighted by Gasteiger charge is 2.11. The molecule has 0 radical (unpaired) electrons. The van der Waals surface area contributed by atoms with E-state index in [1.807, 2.05) is 6.07 Å². The number of hydrogen-bond donors (Lipinski definition) is 1. The average Bonchev–Trinajstić information content (AvgIpc) is 2.86. The van der Waals surface area contributed by atoms with Crippen LogP contribution >= 0.6 is 11.3 Å². The quantitative estimate of drug-likeness (QED) is 0.868. The molecule has 1 aromatic carbocycles. The number of nitrogens with zero attached hydrogens (tertiary/aromatic N) is 2. The molecule has 0 aliphatic rings. The molecule has 1 heterocycles. The minimum Gasteiger partial charge on any atom is -0.308 e. The zero-order valence-electron chi connectivity index (χ0n) is 10.9. The molecule has 0 spiro atoms. The number of rotatable bonds is 6. The standard InChI is InChI=1S/C14H19N3S/c1-3-9-15-11(2)14-17-16-13(18-14)10-12-7-5-4-6-8-12/h4-8,11,15H,3,9-10H2,1-2H3. The maximum Gasteiger partial charge on any atom is 0.134 e. The fourth-order valence-electron chi connectivity index (χ4n) is 1.73. The van der Waals surface area contributed by atoms with Crippen LogP contribution in [0.4, 0.5) is 0 Å². The molecule has 18 heavy (non-hydrogen) atoms. The number of nitrogens with one attached hydrogen (secondary N) is 1. The molecule has 2 aromatic rings. The Morgan fingerprint density at radius 3 is 2.72 bits per heavy atom. The summed E-state index contributed by atoms with van der Waals surface area (Å²) in [6.45, 7) is 5.33. The predicted molar refractivity (Wildman–Crippen MR) is 75.9 cm³/mol. The Hall–Kier alpha value is -1.26. The molecule has 0 saturated heterocycles. The second-order valence-electron chi connectivity index (χ2n) is 4.37. The fraction of sp³-hybridized carbons (Fsp3) is 0.429. The molecule has 0 amide bonds. The Labute approximate surface area is 112 Å². The van der Waals surface area contributed by atoms with E-state index in [-0.39, 0.29) is 0 Å². The van der Waals surface area contributed by atoms with Crippen LogP contribution in [0, 0.1) is 0 Å². The Morgan fingerprint density at radius 2 is 2.00 bits per heavy atom. The van der Waals surface area contributed by atoms with Crippen molar-refractivity contribution in [3.8, 4) is 0 Å². The minimum atomic E-state index is 0.298. The fourth-order valence-corrected chi connectivity index (χ4v) is 2.64. The van der Waals surface area contributed by atoms with E-state index in [0.29, 0.717) is 6.04 Å². The molecule has 1 atom stereocenters. The highest BCUT2D eigenvalue weighted by atomic mass is 32.1. The molecule has 4 heteroatoms. The van der Waals surface area contributed by atoms with Crippen LogP contribution in [0.2, 0.25) is 0 Å². The zero-order valence-corrected chi connectivity index (χ0v) is 11.7. The summed E-state index contributed by atoms with van der Waals surface area (Å²) in [4.78, 5) is 0. The van der Waals surface area contributed by atoms with Crippen molar-refractivity contribution in [2.24, 2.45) is 0 Å². The Kier molecular flexibility index (Phi) is 4.84. The maximum absolute atomic E-state index is 4.27. The normalized spacial score (nSPS) is 12.6. The topological polar surface area (TPSA) is 37.8 Å². The maximum atomic E-state index is 4.27. The molecule has 1 N–H and O–H groups in total. The van der Waals surface area contributed by atoms with Crippen LogP contribution in [0.3, 0.4) is 0 Å². The van der Waals surface area contributed by atoms with Crippen molar-refractivity contribution >= 4 is 11.3 Å². The van der Waals surface area contributed by atoms with Crippen LogP contribution < -0.4 is 5.32 Å².